The highest BCUT2D eigenvalue weighted by atomic mass is 79.9. The van der Waals surface area contributed by atoms with Gasteiger partial charge in [-0.2, -0.15) is 3.29 Å². The lowest BCUT2D eigenvalue weighted by Crippen LogP contribution is -2.45. The number of rotatable bonds is 2. The summed E-state index contributed by atoms with van der Waals surface area (Å²) in [6.07, 6.45) is -1.32. The van der Waals surface area contributed by atoms with Gasteiger partial charge in [-0.1, -0.05) is 15.9 Å². The highest BCUT2D eigenvalue weighted by Crippen LogP contribution is 2.14. The maximum absolute atomic E-state index is 10.1. The second-order valence-electron chi connectivity index (χ2n) is 1.41. The minimum atomic E-state index is -1.32. The summed E-state index contributed by atoms with van der Waals surface area (Å²) in [6, 6.07) is 0. The molecule has 0 saturated carbocycles. The van der Waals surface area contributed by atoms with Crippen molar-refractivity contribution in [2.75, 3.05) is 11.9 Å². The van der Waals surface area contributed by atoms with E-state index in [1.54, 1.807) is 0 Å². The minimum Gasteiger partial charge on any atom is -0.497 e. The second kappa shape index (κ2) is 3.70. The van der Waals surface area contributed by atoms with Gasteiger partial charge in [0.15, 0.2) is 0 Å². The molecule has 0 fully saturated rings. The first-order chi connectivity index (χ1) is 4.00. The van der Waals surface area contributed by atoms with E-state index < -0.39 is 9.39 Å². The van der Waals surface area contributed by atoms with Crippen LogP contribution in [0.1, 0.15) is 0 Å². The third kappa shape index (κ3) is 3.34. The number of nitrogens with zero attached hydrogens (tertiary/aromatic N) is 1. The van der Waals surface area contributed by atoms with Crippen LogP contribution in [-0.4, -0.2) is 21.3 Å². The Morgan fingerprint density at radius 1 is 1.67 bits per heavy atom. The van der Waals surface area contributed by atoms with Gasteiger partial charge in [0.05, 0.1) is 31.0 Å². The highest BCUT2D eigenvalue weighted by molar-refractivity contribution is 9.09. The van der Waals surface area contributed by atoms with E-state index in [1.807, 2.05) is 0 Å². The Labute approximate surface area is 72.8 Å². The van der Waals surface area contributed by atoms with Crippen molar-refractivity contribution in [2.45, 2.75) is 0 Å². The third-order valence-corrected chi connectivity index (χ3v) is 1.77. The van der Waals surface area contributed by atoms with Crippen molar-refractivity contribution in [1.82, 2.24) is 0 Å². The number of alkyl halides is 1. The van der Waals surface area contributed by atoms with Crippen molar-refractivity contribution in [3.63, 3.8) is 0 Å². The summed E-state index contributed by atoms with van der Waals surface area (Å²) in [7, 11) is 0. The van der Waals surface area contributed by atoms with Crippen LogP contribution in [0, 0.1) is 0 Å². The number of halogens is 1. The van der Waals surface area contributed by atoms with Crippen molar-refractivity contribution in [2.24, 2.45) is 0 Å². The molecule has 0 aliphatic rings. The largest absolute Gasteiger partial charge is 0.497 e. The standard InChI is InChI=1S/C3H6BrNO2S2/c4-1-2-5(8,9)3(6)7/h8-9H,1-2H2. The molecular formula is C3H6BrNO2S2. The van der Waals surface area contributed by atoms with E-state index >= 15 is 0 Å². The molecule has 0 aliphatic carbocycles. The first-order valence-corrected chi connectivity index (χ1v) is 4.04. The Morgan fingerprint density at radius 2 is 2.11 bits per heavy atom. The van der Waals surface area contributed by atoms with E-state index in [9.17, 15) is 9.90 Å². The molecule has 0 rings (SSSR count). The maximum atomic E-state index is 10.1. The van der Waals surface area contributed by atoms with Crippen molar-refractivity contribution < 1.29 is 13.2 Å². The van der Waals surface area contributed by atoms with E-state index in [4.69, 9.17) is 0 Å². The fraction of sp³-hybridized carbons (Fsp3) is 0.667. The normalized spacial score (nSPS) is 11.4. The van der Waals surface area contributed by atoms with Gasteiger partial charge in [0.1, 0.15) is 6.54 Å². The molecule has 0 saturated heterocycles. The van der Waals surface area contributed by atoms with Crippen LogP contribution in [-0.2, 0) is 0 Å². The van der Waals surface area contributed by atoms with Gasteiger partial charge in [0.2, 0.25) is 0 Å². The molecule has 1 amide bonds. The fourth-order valence-corrected chi connectivity index (χ4v) is 1.49. The van der Waals surface area contributed by atoms with E-state index in [1.165, 1.54) is 0 Å². The predicted molar refractivity (Wildman–Crippen MR) is 42.3 cm³/mol. The lowest BCUT2D eigenvalue weighted by atomic mass is 10.7. The monoisotopic (exact) mass is 231 g/mol. The summed E-state index contributed by atoms with van der Waals surface area (Å²) in [5.41, 5.74) is 0. The molecule has 0 bridgehead atoms. The van der Waals surface area contributed by atoms with Crippen LogP contribution >= 0.6 is 41.6 Å². The van der Waals surface area contributed by atoms with E-state index in [0.29, 0.717) is 5.33 Å². The lowest BCUT2D eigenvalue weighted by Gasteiger charge is -2.21. The average molecular weight is 232 g/mol. The number of amides is 1. The maximum Gasteiger partial charge on any atom is 0.281 e. The molecule has 0 radical (unpaired) electrons. The van der Waals surface area contributed by atoms with Crippen molar-refractivity contribution in [1.29, 1.82) is 0 Å². The van der Waals surface area contributed by atoms with Crippen LogP contribution in [0.3, 0.4) is 0 Å². The molecule has 0 aromatic heterocycles. The minimum absolute atomic E-state index is 0.272. The first-order valence-electron chi connectivity index (χ1n) is 2.12. The molecule has 0 atom stereocenters. The number of carbonyl (C=O) groups excluding carboxylic acids is 1. The number of thiol groups is 2. The van der Waals surface area contributed by atoms with Crippen molar-refractivity contribution >= 4 is 47.7 Å². The molecule has 9 heavy (non-hydrogen) atoms. The van der Waals surface area contributed by atoms with Crippen molar-refractivity contribution in [3.05, 3.63) is 0 Å². The van der Waals surface area contributed by atoms with E-state index in [-0.39, 0.29) is 6.54 Å². The number of hydrogen-bond donors (Lipinski definition) is 2. The third-order valence-electron chi connectivity index (χ3n) is 0.689. The van der Waals surface area contributed by atoms with Crippen LogP contribution in [0.2, 0.25) is 0 Å². The fourth-order valence-electron chi connectivity index (χ4n) is 0.209. The van der Waals surface area contributed by atoms with E-state index in [0.717, 1.165) is 0 Å². The quantitative estimate of drug-likeness (QED) is 0.406. The Kier molecular flexibility index (Phi) is 3.95. The van der Waals surface area contributed by atoms with Gasteiger partial charge in [-0.25, -0.2) is 0 Å². The van der Waals surface area contributed by atoms with Gasteiger partial charge in [-0.15, -0.1) is 0 Å². The number of carboxylic acid groups (broad SMARTS) is 1. The summed E-state index contributed by atoms with van der Waals surface area (Å²) in [5.74, 6) is 0. The number of hydrogen-bond acceptors (Lipinski definition) is 4. The molecule has 0 aromatic rings. The van der Waals surface area contributed by atoms with Crippen LogP contribution in [0.4, 0.5) is 4.79 Å². The zero-order valence-electron chi connectivity index (χ0n) is 4.45. The Morgan fingerprint density at radius 3 is 2.22 bits per heavy atom. The smallest absolute Gasteiger partial charge is 0.281 e. The van der Waals surface area contributed by atoms with Gasteiger partial charge in [0, 0.05) is 0 Å². The SMILES string of the molecule is O=C([O-])[N+](S)(S)CCBr. The van der Waals surface area contributed by atoms with Crippen LogP contribution in [0.15, 0.2) is 0 Å². The zero-order chi connectivity index (χ0) is 7.49. The molecule has 0 spiro atoms. The molecular weight excluding hydrogens is 226 g/mol. The van der Waals surface area contributed by atoms with Gasteiger partial charge in [-0.3, -0.25) is 0 Å². The molecule has 3 nitrogen and oxygen atoms in total. The summed E-state index contributed by atoms with van der Waals surface area (Å²) in [5, 5.41) is 10.6. The van der Waals surface area contributed by atoms with Crippen LogP contribution in [0.25, 0.3) is 0 Å². The Balaban J connectivity index is 3.85. The van der Waals surface area contributed by atoms with Crippen molar-refractivity contribution in [3.8, 4) is 0 Å². The topological polar surface area (TPSA) is 40.1 Å². The zero-order valence-corrected chi connectivity index (χ0v) is 7.83. The second-order valence-corrected chi connectivity index (χ2v) is 3.88. The molecule has 0 unspecified atom stereocenters. The van der Waals surface area contributed by atoms with Gasteiger partial charge < -0.3 is 9.90 Å². The molecule has 0 heterocycles. The highest BCUT2D eigenvalue weighted by Gasteiger charge is 2.20. The summed E-state index contributed by atoms with van der Waals surface area (Å²) in [4.78, 5) is 10.1. The lowest BCUT2D eigenvalue weighted by molar-refractivity contribution is -0.601. The molecule has 0 aliphatic heterocycles. The Hall–Kier alpha value is 0.610. The van der Waals surface area contributed by atoms with E-state index in [2.05, 4.69) is 41.6 Å². The first kappa shape index (κ1) is 9.61. The van der Waals surface area contributed by atoms with Gasteiger partial charge in [0.25, 0.3) is 6.09 Å². The number of quaternary nitrogens is 1. The summed E-state index contributed by atoms with van der Waals surface area (Å²) < 4.78 is -0.703. The molecule has 54 valence electrons. The molecule has 0 aromatic carbocycles. The molecule has 0 N–H and O–H groups in total. The van der Waals surface area contributed by atoms with Crippen LogP contribution < -0.4 is 5.11 Å². The van der Waals surface area contributed by atoms with Gasteiger partial charge >= 0.3 is 0 Å². The van der Waals surface area contributed by atoms with Gasteiger partial charge in [-0.05, 0) is 0 Å². The number of carbonyl (C=O) groups is 1. The predicted octanol–water partition coefficient (Wildman–Crippen LogP) is 0.231. The Bertz CT molecular complexity index is 118. The van der Waals surface area contributed by atoms with Crippen LogP contribution in [0.5, 0.6) is 0 Å². The summed E-state index contributed by atoms with van der Waals surface area (Å²) in [6.45, 7) is 0.272. The summed E-state index contributed by atoms with van der Waals surface area (Å²) >= 11 is 10.4. The average Bonchev–Trinajstić information content (AvgIpc) is 1.65. The molecule has 6 heteroatoms.